The maximum absolute atomic E-state index is 14.0. The number of anilines is 1. The van der Waals surface area contributed by atoms with Crippen molar-refractivity contribution in [1.82, 2.24) is 19.8 Å². The average Bonchev–Trinajstić information content (AvgIpc) is 3.33. The van der Waals surface area contributed by atoms with Crippen LogP contribution in [0.5, 0.6) is 5.75 Å². The molecule has 2 heterocycles. The van der Waals surface area contributed by atoms with Gasteiger partial charge in [-0.1, -0.05) is 6.92 Å². The molecule has 1 aliphatic heterocycles. The number of ether oxygens (including phenoxy) is 2. The number of carbonyl (C=O) groups excluding carboxylic acids is 1. The van der Waals surface area contributed by atoms with E-state index in [-0.39, 0.29) is 46.9 Å². The Balaban J connectivity index is 2.02. The van der Waals surface area contributed by atoms with Crippen LogP contribution in [0.2, 0.25) is 0 Å². The number of imidazole rings is 1. The number of likely N-dealkylation sites (N-methyl/N-ethyl adjacent to an activating group) is 1. The van der Waals surface area contributed by atoms with Crippen LogP contribution in [0.25, 0.3) is 0 Å². The van der Waals surface area contributed by atoms with Crippen molar-refractivity contribution in [2.45, 2.75) is 63.3 Å². The molecule has 1 aromatic carbocycles. The summed E-state index contributed by atoms with van der Waals surface area (Å²) in [4.78, 5) is 19.5. The summed E-state index contributed by atoms with van der Waals surface area (Å²) in [5, 5.41) is 13.0. The van der Waals surface area contributed by atoms with Gasteiger partial charge in [-0.25, -0.2) is 4.98 Å². The predicted molar refractivity (Wildman–Crippen MR) is 145 cm³/mol. The maximum Gasteiger partial charge on any atom is 0.280 e. The van der Waals surface area contributed by atoms with Crippen molar-refractivity contribution in [3.63, 3.8) is 0 Å². The number of aromatic nitrogens is 2. The molecule has 0 aliphatic carbocycles. The molecule has 3 rings (SSSR count). The molecular formula is C26H41N5O6S. The fraction of sp³-hybridized carbons (Fsp3) is 0.615. The number of hydrogen-bond acceptors (Lipinski definition) is 8. The minimum atomic E-state index is -3.96. The van der Waals surface area contributed by atoms with Crippen LogP contribution in [0.4, 0.5) is 5.69 Å². The van der Waals surface area contributed by atoms with Crippen LogP contribution in [0.15, 0.2) is 35.7 Å². The fourth-order valence-corrected chi connectivity index (χ4v) is 5.45. The number of amides is 1. The number of aryl methyl sites for hydroxylation is 1. The summed E-state index contributed by atoms with van der Waals surface area (Å²) in [5.74, 6) is -0.0246. The molecule has 0 saturated carbocycles. The zero-order valence-electron chi connectivity index (χ0n) is 22.9. The van der Waals surface area contributed by atoms with Crippen LogP contribution >= 0.6 is 0 Å². The van der Waals surface area contributed by atoms with Gasteiger partial charge in [0.15, 0.2) is 5.03 Å². The predicted octanol–water partition coefficient (Wildman–Crippen LogP) is 2.24. The van der Waals surface area contributed by atoms with Crippen molar-refractivity contribution in [1.29, 1.82) is 0 Å². The smallest absolute Gasteiger partial charge is 0.280 e. The number of nitrogens with one attached hydrogen (secondary N) is 2. The van der Waals surface area contributed by atoms with Crippen molar-refractivity contribution < 1.29 is 27.8 Å². The maximum atomic E-state index is 14.0. The van der Waals surface area contributed by atoms with Gasteiger partial charge in [0.1, 0.15) is 5.75 Å². The first-order valence-electron chi connectivity index (χ1n) is 13.0. The normalized spacial score (nSPS) is 22.7. The highest BCUT2D eigenvalue weighted by Crippen LogP contribution is 2.29. The third-order valence-corrected chi connectivity index (χ3v) is 7.93. The number of nitrogens with zero attached hydrogens (tertiary/aromatic N) is 3. The van der Waals surface area contributed by atoms with E-state index in [0.29, 0.717) is 25.4 Å². The minimum Gasteiger partial charge on any atom is -0.490 e. The number of fused-ring (bicyclic) bond motifs is 1. The number of sulfonamides is 1. The van der Waals surface area contributed by atoms with Crippen molar-refractivity contribution >= 4 is 21.6 Å². The standard InChI is InChI=1S/C26H41N5O6S/c1-18-14-31(19(2)16-32)26(33)22-12-21(29-38(34,35)25-15-30(5)17-28-25)9-10-23(22)37-20(3)8-6-7-11-36-24(18)13-27-4/h9-10,12,15,17-20,24,27,29,32H,6-8,11,13-14,16H2,1-5H3/t18-,19-,20-,24+/m1/s1. The van der Waals surface area contributed by atoms with Crippen molar-refractivity contribution in [2.24, 2.45) is 13.0 Å². The lowest BCUT2D eigenvalue weighted by atomic mass is 10.0. The Morgan fingerprint density at radius 2 is 2.03 bits per heavy atom. The fourth-order valence-electron chi connectivity index (χ4n) is 4.41. The topological polar surface area (TPSA) is 135 Å². The summed E-state index contributed by atoms with van der Waals surface area (Å²) in [5.41, 5.74) is 0.426. The number of aliphatic hydroxyl groups is 1. The number of carbonyl (C=O) groups is 1. The lowest BCUT2D eigenvalue weighted by Gasteiger charge is -2.34. The molecule has 1 amide bonds. The molecule has 0 unspecified atom stereocenters. The van der Waals surface area contributed by atoms with Crippen LogP contribution in [0.1, 0.15) is 50.4 Å². The van der Waals surface area contributed by atoms with E-state index >= 15 is 0 Å². The van der Waals surface area contributed by atoms with E-state index in [2.05, 4.69) is 15.0 Å². The van der Waals surface area contributed by atoms with E-state index in [0.717, 1.165) is 19.3 Å². The summed E-state index contributed by atoms with van der Waals surface area (Å²) >= 11 is 0. The summed E-state index contributed by atoms with van der Waals surface area (Å²) in [7, 11) is -0.420. The van der Waals surface area contributed by atoms with Crippen molar-refractivity contribution in [3.05, 3.63) is 36.3 Å². The van der Waals surface area contributed by atoms with E-state index in [4.69, 9.17) is 9.47 Å². The lowest BCUT2D eigenvalue weighted by Crippen LogP contribution is -2.47. The third-order valence-electron chi connectivity index (χ3n) is 6.67. The van der Waals surface area contributed by atoms with Gasteiger partial charge in [0.05, 0.1) is 36.7 Å². The first-order chi connectivity index (χ1) is 18.1. The molecule has 38 heavy (non-hydrogen) atoms. The minimum absolute atomic E-state index is 0.0301. The molecule has 3 N–H and O–H groups in total. The van der Waals surface area contributed by atoms with Gasteiger partial charge in [0.25, 0.3) is 15.9 Å². The summed E-state index contributed by atoms with van der Waals surface area (Å²) < 4.78 is 42.2. The van der Waals surface area contributed by atoms with E-state index in [1.54, 1.807) is 31.0 Å². The van der Waals surface area contributed by atoms with Gasteiger partial charge in [-0.05, 0) is 58.4 Å². The van der Waals surface area contributed by atoms with Gasteiger partial charge < -0.3 is 29.4 Å². The van der Waals surface area contributed by atoms with Gasteiger partial charge in [0.2, 0.25) is 0 Å². The van der Waals surface area contributed by atoms with E-state index in [1.165, 1.54) is 23.2 Å². The Hall–Kier alpha value is -2.67. The lowest BCUT2D eigenvalue weighted by molar-refractivity contribution is -0.000450. The summed E-state index contributed by atoms with van der Waals surface area (Å²) in [6.45, 7) is 7.10. The molecule has 1 aliphatic rings. The largest absolute Gasteiger partial charge is 0.490 e. The first kappa shape index (κ1) is 29.9. The van der Waals surface area contributed by atoms with Crippen molar-refractivity contribution in [2.75, 3.05) is 38.1 Å². The highest BCUT2D eigenvalue weighted by molar-refractivity contribution is 7.92. The molecule has 0 saturated heterocycles. The molecule has 0 spiro atoms. The zero-order chi connectivity index (χ0) is 27.9. The second-order valence-electron chi connectivity index (χ2n) is 10.1. The molecule has 11 nitrogen and oxygen atoms in total. The van der Waals surface area contributed by atoms with Gasteiger partial charge in [-0.15, -0.1) is 0 Å². The van der Waals surface area contributed by atoms with E-state index < -0.39 is 16.1 Å². The van der Waals surface area contributed by atoms with Gasteiger partial charge >= 0.3 is 0 Å². The average molecular weight is 552 g/mol. The summed E-state index contributed by atoms with van der Waals surface area (Å²) in [6.07, 6.45) is 5.07. The van der Waals surface area contributed by atoms with Gasteiger partial charge in [-0.3, -0.25) is 9.52 Å². The Kier molecular flexibility index (Phi) is 10.5. The Labute approximate surface area is 225 Å². The Morgan fingerprint density at radius 1 is 1.26 bits per heavy atom. The van der Waals surface area contributed by atoms with Gasteiger partial charge in [-0.2, -0.15) is 8.42 Å². The molecule has 4 atom stereocenters. The summed E-state index contributed by atoms with van der Waals surface area (Å²) in [6, 6.07) is 4.19. The molecule has 1 aromatic heterocycles. The second-order valence-corrected chi connectivity index (χ2v) is 11.7. The first-order valence-corrected chi connectivity index (χ1v) is 14.5. The zero-order valence-corrected chi connectivity index (χ0v) is 23.7. The second kappa shape index (κ2) is 13.4. The molecule has 0 bridgehead atoms. The Morgan fingerprint density at radius 3 is 2.68 bits per heavy atom. The third kappa shape index (κ3) is 7.68. The van der Waals surface area contributed by atoms with Gasteiger partial charge in [0, 0.05) is 44.5 Å². The molecule has 0 radical (unpaired) electrons. The highest BCUT2D eigenvalue weighted by atomic mass is 32.2. The number of aliphatic hydroxyl groups excluding tert-OH is 1. The van der Waals surface area contributed by atoms with E-state index in [9.17, 15) is 18.3 Å². The molecular weight excluding hydrogens is 510 g/mol. The number of hydrogen-bond donors (Lipinski definition) is 3. The molecule has 0 fully saturated rings. The van der Waals surface area contributed by atoms with Crippen LogP contribution in [-0.2, 0) is 21.8 Å². The Bertz CT molecular complexity index is 1170. The number of benzene rings is 1. The quantitative estimate of drug-likeness (QED) is 0.477. The van der Waals surface area contributed by atoms with E-state index in [1.807, 2.05) is 20.9 Å². The van der Waals surface area contributed by atoms with Crippen LogP contribution in [0.3, 0.4) is 0 Å². The monoisotopic (exact) mass is 551 g/mol. The van der Waals surface area contributed by atoms with Crippen LogP contribution in [0, 0.1) is 5.92 Å². The highest BCUT2D eigenvalue weighted by Gasteiger charge is 2.30. The number of rotatable bonds is 7. The van der Waals surface area contributed by atoms with Crippen molar-refractivity contribution in [3.8, 4) is 5.75 Å². The molecule has 12 heteroatoms. The molecule has 2 aromatic rings. The van der Waals surface area contributed by atoms with Crippen LogP contribution in [-0.4, -0.2) is 85.5 Å². The van der Waals surface area contributed by atoms with Crippen LogP contribution < -0.4 is 14.8 Å². The molecule has 212 valence electrons. The SMILES string of the molecule is CNC[C@@H]1OCCCC[C@@H](C)Oc2ccc(NS(=O)(=O)c3cn(C)cn3)cc2C(=O)N([C@H](C)CO)C[C@H]1C.